The Kier molecular flexibility index (Phi) is 12.7. The first-order valence-electron chi connectivity index (χ1n) is 11.1. The number of hydrogen-bond donors (Lipinski definition) is 0. The third-order valence-electron chi connectivity index (χ3n) is 4.84. The summed E-state index contributed by atoms with van der Waals surface area (Å²) in [7, 11) is 0. The van der Waals surface area contributed by atoms with E-state index in [1.807, 2.05) is 84.9 Å². The van der Waals surface area contributed by atoms with Gasteiger partial charge in [0.15, 0.2) is 6.29 Å². The van der Waals surface area contributed by atoms with E-state index < -0.39 is 0 Å². The Balaban J connectivity index is 0.000000170. The molecule has 5 rings (SSSR count). The lowest BCUT2D eigenvalue weighted by Crippen LogP contribution is -1.83. The first-order chi connectivity index (χ1) is 18.5. The maximum atomic E-state index is 10.2. The highest BCUT2D eigenvalue weighted by molar-refractivity contribution is 9.11. The lowest BCUT2D eigenvalue weighted by atomic mass is 10.2. The Morgan fingerprint density at radius 1 is 0.526 bits per heavy atom. The molecule has 5 aromatic rings. The van der Waals surface area contributed by atoms with Crippen LogP contribution in [0.3, 0.4) is 0 Å². The minimum atomic E-state index is 0.692. The van der Waals surface area contributed by atoms with Gasteiger partial charge in [0.25, 0.3) is 0 Å². The van der Waals surface area contributed by atoms with Crippen molar-refractivity contribution >= 4 is 93.2 Å². The van der Waals surface area contributed by atoms with Crippen molar-refractivity contribution in [3.8, 4) is 0 Å². The van der Waals surface area contributed by atoms with E-state index in [2.05, 4.69) is 84.1 Å². The first-order valence-corrected chi connectivity index (χ1v) is 14.3. The van der Waals surface area contributed by atoms with Gasteiger partial charge in [-0.3, -0.25) is 4.79 Å². The SMILES string of the molecule is Brc1cccc2cnncc12.Brc1ccccc1/C=N/N=C/c1ccccc1Br.O=Cc1ccccc1Br. The quantitative estimate of drug-likeness (QED) is 0.104. The smallest absolute Gasteiger partial charge is 0.151 e. The molecule has 0 bridgehead atoms. The van der Waals surface area contributed by atoms with E-state index in [9.17, 15) is 4.79 Å². The number of fused-ring (bicyclic) bond motifs is 1. The second-order valence-electron chi connectivity index (χ2n) is 7.40. The van der Waals surface area contributed by atoms with Crippen LogP contribution in [-0.2, 0) is 0 Å². The Morgan fingerprint density at radius 3 is 1.42 bits per heavy atom. The molecule has 38 heavy (non-hydrogen) atoms. The summed E-state index contributed by atoms with van der Waals surface area (Å²) in [5.74, 6) is 0. The van der Waals surface area contributed by atoms with Gasteiger partial charge in [-0.15, -0.1) is 0 Å². The van der Waals surface area contributed by atoms with Gasteiger partial charge in [0.1, 0.15) is 0 Å². The molecule has 1 aromatic heterocycles. The summed E-state index contributed by atoms with van der Waals surface area (Å²) in [4.78, 5) is 10.2. The van der Waals surface area contributed by atoms with Crippen molar-refractivity contribution in [1.29, 1.82) is 0 Å². The average Bonchev–Trinajstić information content (AvgIpc) is 2.94. The molecule has 0 aliphatic carbocycles. The van der Waals surface area contributed by atoms with Crippen molar-refractivity contribution < 1.29 is 4.79 Å². The molecule has 0 radical (unpaired) electrons. The van der Waals surface area contributed by atoms with Crippen LogP contribution in [0.2, 0.25) is 0 Å². The highest BCUT2D eigenvalue weighted by Crippen LogP contribution is 2.21. The number of rotatable bonds is 4. The number of benzene rings is 4. The second-order valence-corrected chi connectivity index (χ2v) is 10.8. The monoisotopic (exact) mass is 756 g/mol. The molecule has 0 aliphatic heterocycles. The molecule has 0 spiro atoms. The minimum Gasteiger partial charge on any atom is -0.298 e. The zero-order valence-corrected chi connectivity index (χ0v) is 26.1. The van der Waals surface area contributed by atoms with Crippen LogP contribution in [0, 0.1) is 0 Å². The summed E-state index contributed by atoms with van der Waals surface area (Å²) in [6, 6.07) is 29.0. The van der Waals surface area contributed by atoms with Gasteiger partial charge >= 0.3 is 0 Å². The molecule has 190 valence electrons. The molecule has 0 saturated heterocycles. The van der Waals surface area contributed by atoms with E-state index in [-0.39, 0.29) is 0 Å². The molecule has 0 N–H and O–H groups in total. The molecular formula is C29H20Br4N4O. The summed E-state index contributed by atoms with van der Waals surface area (Å²) >= 11 is 13.6. The largest absolute Gasteiger partial charge is 0.298 e. The van der Waals surface area contributed by atoms with Gasteiger partial charge in [0.05, 0.1) is 24.8 Å². The topological polar surface area (TPSA) is 67.6 Å². The predicted molar refractivity (Wildman–Crippen MR) is 170 cm³/mol. The molecule has 0 aliphatic rings. The van der Waals surface area contributed by atoms with Crippen molar-refractivity contribution in [1.82, 2.24) is 10.2 Å². The molecule has 4 aromatic carbocycles. The molecule has 1 heterocycles. The molecule has 5 nitrogen and oxygen atoms in total. The van der Waals surface area contributed by atoms with Crippen molar-refractivity contribution in [3.05, 3.63) is 138 Å². The third-order valence-corrected chi connectivity index (χ3v) is 7.70. The number of nitrogens with zero attached hydrogens (tertiary/aromatic N) is 4. The number of carbonyl (C=O) groups is 1. The molecule has 0 amide bonds. The zero-order chi connectivity index (χ0) is 27.2. The van der Waals surface area contributed by atoms with Crippen LogP contribution in [-0.4, -0.2) is 28.9 Å². The number of aldehydes is 1. The standard InChI is InChI=1S/C14H10Br2N2.C8H5BrN2.C7H5BrO/c15-13-7-3-1-5-11(13)9-17-18-10-12-6-2-4-8-14(12)16;9-8-3-1-2-6-4-10-11-5-7(6)8;8-7-4-2-1-3-6(7)5-9/h1-10H;1-5H;1-5H/b17-9+,18-10+;;. The van der Waals surface area contributed by atoms with Crippen LogP contribution < -0.4 is 0 Å². The third kappa shape index (κ3) is 9.47. The molecule has 9 heteroatoms. The summed E-state index contributed by atoms with van der Waals surface area (Å²) in [5.41, 5.74) is 2.70. The van der Waals surface area contributed by atoms with Crippen molar-refractivity contribution in [2.24, 2.45) is 10.2 Å². The Morgan fingerprint density at radius 2 is 0.974 bits per heavy atom. The molecular weight excluding hydrogens is 740 g/mol. The van der Waals surface area contributed by atoms with E-state index in [1.54, 1.807) is 30.9 Å². The molecule has 0 atom stereocenters. The Labute approximate surface area is 254 Å². The van der Waals surface area contributed by atoms with E-state index >= 15 is 0 Å². The maximum absolute atomic E-state index is 10.2. The van der Waals surface area contributed by atoms with Gasteiger partial charge in [-0.25, -0.2) is 0 Å². The van der Waals surface area contributed by atoms with Crippen molar-refractivity contribution in [3.63, 3.8) is 0 Å². The van der Waals surface area contributed by atoms with Gasteiger partial charge in [-0.2, -0.15) is 20.4 Å². The van der Waals surface area contributed by atoms with E-state index in [0.717, 1.165) is 46.1 Å². The van der Waals surface area contributed by atoms with Crippen molar-refractivity contribution in [2.75, 3.05) is 0 Å². The predicted octanol–water partition coefficient (Wildman–Crippen LogP) is 9.32. The highest BCUT2D eigenvalue weighted by Gasteiger charge is 1.96. The fourth-order valence-electron chi connectivity index (χ4n) is 2.91. The van der Waals surface area contributed by atoms with Crippen LogP contribution >= 0.6 is 63.7 Å². The average molecular weight is 760 g/mol. The first kappa shape index (κ1) is 29.7. The van der Waals surface area contributed by atoms with Crippen molar-refractivity contribution in [2.45, 2.75) is 0 Å². The summed E-state index contributed by atoms with van der Waals surface area (Å²) in [5, 5.41) is 17.8. The number of halogens is 4. The Bertz CT molecular complexity index is 1500. The van der Waals surface area contributed by atoms with E-state index in [1.165, 1.54) is 0 Å². The van der Waals surface area contributed by atoms with E-state index in [0.29, 0.717) is 5.56 Å². The molecule has 0 fully saturated rings. The highest BCUT2D eigenvalue weighted by atomic mass is 79.9. The summed E-state index contributed by atoms with van der Waals surface area (Å²) < 4.78 is 3.92. The lowest BCUT2D eigenvalue weighted by molar-refractivity contribution is 0.112. The second kappa shape index (κ2) is 16.2. The van der Waals surface area contributed by atoms with Crippen LogP contribution in [0.4, 0.5) is 0 Å². The van der Waals surface area contributed by atoms with Gasteiger partial charge in [0, 0.05) is 45.4 Å². The fraction of sp³-hybridized carbons (Fsp3) is 0. The number of hydrogen-bond acceptors (Lipinski definition) is 5. The van der Waals surface area contributed by atoms with Gasteiger partial charge in [0.2, 0.25) is 0 Å². The van der Waals surface area contributed by atoms with Crippen LogP contribution in [0.25, 0.3) is 10.8 Å². The molecule has 0 saturated carbocycles. The van der Waals surface area contributed by atoms with Gasteiger partial charge in [-0.05, 0) is 24.3 Å². The zero-order valence-electron chi connectivity index (χ0n) is 19.8. The summed E-state index contributed by atoms with van der Waals surface area (Å²) in [6.45, 7) is 0. The van der Waals surface area contributed by atoms with E-state index in [4.69, 9.17) is 0 Å². The minimum absolute atomic E-state index is 0.692. The van der Waals surface area contributed by atoms with Crippen LogP contribution in [0.1, 0.15) is 21.5 Å². The number of carbonyl (C=O) groups excluding carboxylic acids is 1. The molecule has 0 unspecified atom stereocenters. The van der Waals surface area contributed by atoms with Crippen LogP contribution in [0.15, 0.2) is 131 Å². The van der Waals surface area contributed by atoms with Crippen LogP contribution in [0.5, 0.6) is 0 Å². The van der Waals surface area contributed by atoms with Gasteiger partial charge in [-0.1, -0.05) is 130 Å². The fourth-order valence-corrected chi connectivity index (χ4v) is 4.55. The van der Waals surface area contributed by atoms with Gasteiger partial charge < -0.3 is 0 Å². The number of aromatic nitrogens is 2. The normalized spacial score (nSPS) is 10.5. The maximum Gasteiger partial charge on any atom is 0.151 e. The lowest BCUT2D eigenvalue weighted by Gasteiger charge is -1.95. The summed E-state index contributed by atoms with van der Waals surface area (Å²) in [6.07, 6.45) is 7.76. The Hall–Kier alpha value is -2.85.